The minimum absolute atomic E-state index is 0.109. The fourth-order valence-corrected chi connectivity index (χ4v) is 7.11. The van der Waals surface area contributed by atoms with Crippen molar-refractivity contribution in [2.45, 2.75) is 71.1 Å². The number of fused-ring (bicyclic) bond motifs is 1. The molecule has 2 atom stereocenters. The summed E-state index contributed by atoms with van der Waals surface area (Å²) in [6.45, 7) is 2.01. The number of thiazole rings is 1. The van der Waals surface area contributed by atoms with E-state index in [0.29, 0.717) is 19.3 Å². The molecule has 2 aromatic heterocycles. The zero-order valence-electron chi connectivity index (χ0n) is 16.3. The fourth-order valence-electron chi connectivity index (χ4n) is 4.74. The number of aryl methyl sites for hydroxylation is 2. The Bertz CT molecular complexity index is 882. The second-order valence-electron chi connectivity index (χ2n) is 8.14. The van der Waals surface area contributed by atoms with E-state index in [-0.39, 0.29) is 11.7 Å². The third-order valence-electron chi connectivity index (χ3n) is 6.16. The third kappa shape index (κ3) is 3.94. The number of carbonyl (C=O) groups is 2. The van der Waals surface area contributed by atoms with E-state index in [1.807, 2.05) is 6.92 Å². The molecule has 0 radical (unpaired) electrons. The van der Waals surface area contributed by atoms with Crippen LogP contribution in [0.25, 0.3) is 10.6 Å². The summed E-state index contributed by atoms with van der Waals surface area (Å²) in [5.41, 5.74) is 3.61. The zero-order chi connectivity index (χ0) is 19.7. The standard InChI is InChI=1S/C22H27NO3S2/c1-13-12-27-21(23-13)20-16-9-3-2-4-10-18(16)28-19(20)11-17(24)14-7-5-6-8-15(14)22(25)26/h12,14-15H,2-11H2,1H3,(H,25,26)/t14-,15+/m0/s1. The number of thiophene rings is 1. The Kier molecular flexibility index (Phi) is 5.97. The molecule has 28 heavy (non-hydrogen) atoms. The number of carbonyl (C=O) groups excluding carboxylic acids is 1. The first kappa shape index (κ1) is 19.8. The van der Waals surface area contributed by atoms with Crippen molar-refractivity contribution in [3.8, 4) is 10.6 Å². The summed E-state index contributed by atoms with van der Waals surface area (Å²) in [6.07, 6.45) is 9.39. The van der Waals surface area contributed by atoms with Crippen molar-refractivity contribution >= 4 is 34.4 Å². The highest BCUT2D eigenvalue weighted by Gasteiger charge is 2.36. The lowest BCUT2D eigenvalue weighted by Gasteiger charge is -2.27. The first-order valence-electron chi connectivity index (χ1n) is 10.4. The van der Waals surface area contributed by atoms with Crippen LogP contribution in [0.15, 0.2) is 5.38 Å². The van der Waals surface area contributed by atoms with Gasteiger partial charge in [-0.3, -0.25) is 9.59 Å². The van der Waals surface area contributed by atoms with Crippen LogP contribution < -0.4 is 0 Å². The molecule has 0 unspecified atom stereocenters. The van der Waals surface area contributed by atoms with E-state index in [1.54, 1.807) is 22.7 Å². The number of carboxylic acids is 1. The molecule has 2 aliphatic rings. The molecule has 0 aliphatic heterocycles. The molecule has 150 valence electrons. The molecule has 2 heterocycles. The Labute approximate surface area is 174 Å². The highest BCUT2D eigenvalue weighted by molar-refractivity contribution is 7.15. The average Bonchev–Trinajstić information content (AvgIpc) is 3.16. The van der Waals surface area contributed by atoms with Gasteiger partial charge in [-0.25, -0.2) is 4.98 Å². The number of ketones is 1. The maximum atomic E-state index is 13.2. The smallest absolute Gasteiger partial charge is 0.307 e. The van der Waals surface area contributed by atoms with Crippen LogP contribution in [0.2, 0.25) is 0 Å². The van der Waals surface area contributed by atoms with Gasteiger partial charge in [-0.05, 0) is 51.0 Å². The largest absolute Gasteiger partial charge is 0.481 e. The lowest BCUT2D eigenvalue weighted by Crippen LogP contribution is -2.33. The van der Waals surface area contributed by atoms with Crippen molar-refractivity contribution in [2.24, 2.45) is 11.8 Å². The predicted molar refractivity (Wildman–Crippen MR) is 113 cm³/mol. The molecule has 4 nitrogen and oxygen atoms in total. The van der Waals surface area contributed by atoms with Crippen LogP contribution in [0.1, 0.15) is 66.0 Å². The molecule has 0 aromatic carbocycles. The van der Waals surface area contributed by atoms with Gasteiger partial charge in [-0.1, -0.05) is 19.3 Å². The molecule has 6 heteroatoms. The summed E-state index contributed by atoms with van der Waals surface area (Å²) in [5, 5.41) is 12.7. The molecule has 2 aromatic rings. The Morgan fingerprint density at radius 1 is 1.11 bits per heavy atom. The van der Waals surface area contributed by atoms with Crippen LogP contribution in [-0.4, -0.2) is 21.8 Å². The minimum atomic E-state index is -0.809. The Hall–Kier alpha value is -1.53. The van der Waals surface area contributed by atoms with Crippen molar-refractivity contribution in [1.82, 2.24) is 4.98 Å². The van der Waals surface area contributed by atoms with E-state index >= 15 is 0 Å². The van der Waals surface area contributed by atoms with Crippen molar-refractivity contribution in [3.63, 3.8) is 0 Å². The van der Waals surface area contributed by atoms with Gasteiger partial charge in [0.25, 0.3) is 0 Å². The summed E-state index contributed by atoms with van der Waals surface area (Å²) in [6, 6.07) is 0. The van der Waals surface area contributed by atoms with E-state index in [2.05, 4.69) is 5.38 Å². The zero-order valence-corrected chi connectivity index (χ0v) is 18.0. The van der Waals surface area contributed by atoms with Gasteiger partial charge in [-0.15, -0.1) is 22.7 Å². The number of aromatic nitrogens is 1. The van der Waals surface area contributed by atoms with E-state index in [0.717, 1.165) is 41.3 Å². The molecular formula is C22H27NO3S2. The van der Waals surface area contributed by atoms with Crippen LogP contribution >= 0.6 is 22.7 Å². The van der Waals surface area contributed by atoms with Gasteiger partial charge >= 0.3 is 5.97 Å². The predicted octanol–water partition coefficient (Wildman–Crippen LogP) is 5.45. The quantitative estimate of drug-likeness (QED) is 0.657. The summed E-state index contributed by atoms with van der Waals surface area (Å²) in [5.74, 6) is -1.54. The summed E-state index contributed by atoms with van der Waals surface area (Å²) < 4.78 is 0. The second-order valence-corrected chi connectivity index (χ2v) is 10.2. The number of hydrogen-bond acceptors (Lipinski definition) is 5. The summed E-state index contributed by atoms with van der Waals surface area (Å²) in [4.78, 5) is 32.1. The SMILES string of the molecule is Cc1csc(-c2c(CC(=O)[C@H]3CCCC[C@H]3C(=O)O)sc3c2CCCCC3)n1. The summed E-state index contributed by atoms with van der Waals surface area (Å²) >= 11 is 3.44. The molecule has 0 amide bonds. The lowest BCUT2D eigenvalue weighted by atomic mass is 9.76. The van der Waals surface area contributed by atoms with Gasteiger partial charge < -0.3 is 5.11 Å². The molecule has 4 rings (SSSR count). The summed E-state index contributed by atoms with van der Waals surface area (Å²) in [7, 11) is 0. The monoisotopic (exact) mass is 417 g/mol. The van der Waals surface area contributed by atoms with E-state index < -0.39 is 11.9 Å². The number of hydrogen-bond donors (Lipinski definition) is 1. The molecule has 0 bridgehead atoms. The van der Waals surface area contributed by atoms with Crippen molar-refractivity contribution in [1.29, 1.82) is 0 Å². The Morgan fingerprint density at radius 2 is 1.86 bits per heavy atom. The van der Waals surface area contributed by atoms with Gasteiger partial charge in [0, 0.05) is 38.7 Å². The number of nitrogens with zero attached hydrogens (tertiary/aromatic N) is 1. The topological polar surface area (TPSA) is 67.3 Å². The van der Waals surface area contributed by atoms with Gasteiger partial charge in [-0.2, -0.15) is 0 Å². The van der Waals surface area contributed by atoms with Crippen LogP contribution in [-0.2, 0) is 28.9 Å². The molecule has 1 saturated carbocycles. The number of aliphatic carboxylic acids is 1. The molecular weight excluding hydrogens is 390 g/mol. The molecule has 2 aliphatic carbocycles. The van der Waals surface area contributed by atoms with Gasteiger partial charge in [0.1, 0.15) is 10.8 Å². The van der Waals surface area contributed by atoms with E-state index in [9.17, 15) is 14.7 Å². The molecule has 1 fully saturated rings. The van der Waals surface area contributed by atoms with Crippen LogP contribution in [0.5, 0.6) is 0 Å². The van der Waals surface area contributed by atoms with Crippen LogP contribution in [0.3, 0.4) is 0 Å². The van der Waals surface area contributed by atoms with Crippen LogP contribution in [0.4, 0.5) is 0 Å². The number of carboxylic acid groups (broad SMARTS) is 1. The fraction of sp³-hybridized carbons (Fsp3) is 0.591. The Balaban J connectivity index is 1.67. The number of Topliss-reactive ketones (excluding diaryl/α,β-unsaturated/α-hetero) is 1. The Morgan fingerprint density at radius 3 is 2.57 bits per heavy atom. The van der Waals surface area contributed by atoms with Gasteiger partial charge in [0.15, 0.2) is 0 Å². The molecule has 0 saturated heterocycles. The first-order chi connectivity index (χ1) is 13.5. The van der Waals surface area contributed by atoms with Crippen molar-refractivity contribution in [2.75, 3.05) is 0 Å². The minimum Gasteiger partial charge on any atom is -0.481 e. The molecule has 1 N–H and O–H groups in total. The van der Waals surface area contributed by atoms with Crippen LogP contribution in [0, 0.1) is 18.8 Å². The second kappa shape index (κ2) is 8.46. The lowest BCUT2D eigenvalue weighted by molar-refractivity contribution is -0.148. The highest BCUT2D eigenvalue weighted by atomic mass is 32.1. The maximum Gasteiger partial charge on any atom is 0.307 e. The first-order valence-corrected chi connectivity index (χ1v) is 12.1. The van der Waals surface area contributed by atoms with Gasteiger partial charge in [0.05, 0.1) is 5.92 Å². The van der Waals surface area contributed by atoms with Crippen molar-refractivity contribution < 1.29 is 14.7 Å². The van der Waals surface area contributed by atoms with E-state index in [4.69, 9.17) is 4.98 Å². The number of rotatable bonds is 5. The molecule has 0 spiro atoms. The van der Waals surface area contributed by atoms with Gasteiger partial charge in [0.2, 0.25) is 0 Å². The highest BCUT2D eigenvalue weighted by Crippen LogP contribution is 2.42. The maximum absolute atomic E-state index is 13.2. The van der Waals surface area contributed by atoms with E-state index in [1.165, 1.54) is 35.3 Å². The van der Waals surface area contributed by atoms with Crippen molar-refractivity contribution in [3.05, 3.63) is 26.4 Å². The normalized spacial score (nSPS) is 22.5. The average molecular weight is 418 g/mol. The third-order valence-corrected chi connectivity index (χ3v) is 8.43.